The Balaban J connectivity index is 1.71. The molecule has 0 saturated carbocycles. The fraction of sp³-hybridized carbons (Fsp3) is 0.278. The van der Waals surface area contributed by atoms with Crippen molar-refractivity contribution in [1.82, 2.24) is 4.31 Å². The molecule has 2 aromatic carbocycles. The fourth-order valence-corrected chi connectivity index (χ4v) is 5.29. The predicted molar refractivity (Wildman–Crippen MR) is 98.1 cm³/mol. The maximum Gasteiger partial charge on any atom is 0.243 e. The van der Waals surface area contributed by atoms with Crippen LogP contribution in [0.2, 0.25) is 5.02 Å². The minimum absolute atomic E-state index is 0.101. The summed E-state index contributed by atoms with van der Waals surface area (Å²) < 4.78 is 32.5. The molecular weight excluding hydrogens is 376 g/mol. The van der Waals surface area contributed by atoms with Crippen molar-refractivity contribution >= 4 is 33.2 Å². The van der Waals surface area contributed by atoms with E-state index in [9.17, 15) is 13.2 Å². The standard InChI is InChI=1S/C18H17ClN2O4S/c1-25-13-4-7-16-15(10-13)18(17(22)20-16)8-9-21(11-18)26(23,24)14-5-2-12(19)3-6-14/h2-7,10H,8-9,11H2,1H3,(H,20,22)/t18-/m1/s1. The lowest BCUT2D eigenvalue weighted by Crippen LogP contribution is -2.39. The molecule has 1 amide bonds. The van der Waals surface area contributed by atoms with Crippen LogP contribution < -0.4 is 10.1 Å². The Hall–Kier alpha value is -2.09. The summed E-state index contributed by atoms with van der Waals surface area (Å²) in [7, 11) is -2.14. The summed E-state index contributed by atoms with van der Waals surface area (Å²) in [4.78, 5) is 12.9. The van der Waals surface area contributed by atoms with Crippen LogP contribution in [0.4, 0.5) is 5.69 Å². The second kappa shape index (κ2) is 5.97. The minimum Gasteiger partial charge on any atom is -0.497 e. The highest BCUT2D eigenvalue weighted by atomic mass is 35.5. The highest BCUT2D eigenvalue weighted by molar-refractivity contribution is 7.89. The number of benzene rings is 2. The minimum atomic E-state index is -3.70. The molecule has 6 nitrogen and oxygen atoms in total. The Kier molecular flexibility index (Phi) is 3.98. The monoisotopic (exact) mass is 392 g/mol. The Bertz CT molecular complexity index is 991. The van der Waals surface area contributed by atoms with E-state index in [0.717, 1.165) is 5.56 Å². The molecule has 136 valence electrons. The summed E-state index contributed by atoms with van der Waals surface area (Å²) in [6, 6.07) is 11.4. The Morgan fingerprint density at radius 2 is 1.92 bits per heavy atom. The zero-order chi connectivity index (χ0) is 18.5. The smallest absolute Gasteiger partial charge is 0.243 e. The van der Waals surface area contributed by atoms with Gasteiger partial charge in [0.1, 0.15) is 5.75 Å². The van der Waals surface area contributed by atoms with Crippen molar-refractivity contribution in [3.63, 3.8) is 0 Å². The molecule has 1 fully saturated rings. The van der Waals surface area contributed by atoms with Crippen LogP contribution in [0.1, 0.15) is 12.0 Å². The lowest BCUT2D eigenvalue weighted by molar-refractivity contribution is -0.120. The van der Waals surface area contributed by atoms with Crippen molar-refractivity contribution in [1.29, 1.82) is 0 Å². The van der Waals surface area contributed by atoms with Crippen LogP contribution in [0, 0.1) is 0 Å². The highest BCUT2D eigenvalue weighted by Gasteiger charge is 2.53. The maximum absolute atomic E-state index is 13.0. The van der Waals surface area contributed by atoms with Gasteiger partial charge in [-0.1, -0.05) is 11.6 Å². The van der Waals surface area contributed by atoms with Crippen molar-refractivity contribution < 1.29 is 17.9 Å². The number of nitrogens with one attached hydrogen (secondary N) is 1. The van der Waals surface area contributed by atoms with Gasteiger partial charge in [-0.2, -0.15) is 4.31 Å². The molecule has 1 N–H and O–H groups in total. The molecule has 2 aliphatic heterocycles. The lowest BCUT2D eigenvalue weighted by atomic mass is 9.81. The van der Waals surface area contributed by atoms with Crippen molar-refractivity contribution in [2.45, 2.75) is 16.7 Å². The molecule has 2 heterocycles. The van der Waals surface area contributed by atoms with Crippen LogP contribution in [0.3, 0.4) is 0 Å². The van der Waals surface area contributed by atoms with Crippen molar-refractivity contribution in [3.8, 4) is 5.75 Å². The van der Waals surface area contributed by atoms with Crippen LogP contribution in [0.15, 0.2) is 47.4 Å². The van der Waals surface area contributed by atoms with Gasteiger partial charge in [0, 0.05) is 23.8 Å². The molecule has 1 atom stereocenters. The maximum atomic E-state index is 13.0. The van der Waals surface area contributed by atoms with Gasteiger partial charge in [0.15, 0.2) is 0 Å². The molecule has 4 rings (SSSR count). The highest BCUT2D eigenvalue weighted by Crippen LogP contribution is 2.46. The average molecular weight is 393 g/mol. The molecule has 2 aliphatic rings. The third-order valence-corrected chi connectivity index (χ3v) is 7.22. The third-order valence-electron chi connectivity index (χ3n) is 5.11. The van der Waals surface area contributed by atoms with Gasteiger partial charge in [-0.25, -0.2) is 8.42 Å². The van der Waals surface area contributed by atoms with E-state index >= 15 is 0 Å². The number of fused-ring (bicyclic) bond motifs is 2. The van der Waals surface area contributed by atoms with E-state index in [0.29, 0.717) is 22.9 Å². The number of hydrogen-bond acceptors (Lipinski definition) is 4. The van der Waals surface area contributed by atoms with E-state index in [2.05, 4.69) is 5.32 Å². The van der Waals surface area contributed by atoms with Gasteiger partial charge in [-0.3, -0.25) is 4.79 Å². The number of hydrogen-bond donors (Lipinski definition) is 1. The summed E-state index contributed by atoms with van der Waals surface area (Å²) in [6.45, 7) is 0.374. The van der Waals surface area contributed by atoms with Gasteiger partial charge in [-0.05, 0) is 54.4 Å². The summed E-state index contributed by atoms with van der Waals surface area (Å²) >= 11 is 5.85. The summed E-state index contributed by atoms with van der Waals surface area (Å²) in [5, 5.41) is 3.34. The average Bonchev–Trinajstić information content (AvgIpc) is 3.19. The first-order chi connectivity index (χ1) is 12.4. The van der Waals surface area contributed by atoms with E-state index in [-0.39, 0.29) is 23.9 Å². The lowest BCUT2D eigenvalue weighted by Gasteiger charge is -2.22. The molecule has 0 bridgehead atoms. The third kappa shape index (κ3) is 2.50. The van der Waals surface area contributed by atoms with Crippen LogP contribution in [-0.4, -0.2) is 38.8 Å². The zero-order valence-corrected chi connectivity index (χ0v) is 15.6. The van der Waals surface area contributed by atoms with Gasteiger partial charge < -0.3 is 10.1 Å². The molecule has 2 aromatic rings. The van der Waals surface area contributed by atoms with E-state index in [1.807, 2.05) is 6.07 Å². The fourth-order valence-electron chi connectivity index (χ4n) is 3.66. The molecule has 0 unspecified atom stereocenters. The van der Waals surface area contributed by atoms with E-state index in [4.69, 9.17) is 16.3 Å². The van der Waals surface area contributed by atoms with Gasteiger partial charge >= 0.3 is 0 Å². The van der Waals surface area contributed by atoms with Crippen LogP contribution in [0.25, 0.3) is 0 Å². The second-order valence-electron chi connectivity index (χ2n) is 6.49. The first-order valence-corrected chi connectivity index (χ1v) is 9.94. The second-order valence-corrected chi connectivity index (χ2v) is 8.86. The Morgan fingerprint density at radius 3 is 2.62 bits per heavy atom. The van der Waals surface area contributed by atoms with Crippen LogP contribution in [-0.2, 0) is 20.2 Å². The number of rotatable bonds is 3. The van der Waals surface area contributed by atoms with Crippen LogP contribution in [0.5, 0.6) is 5.75 Å². The van der Waals surface area contributed by atoms with Crippen LogP contribution >= 0.6 is 11.6 Å². The zero-order valence-electron chi connectivity index (χ0n) is 14.0. The number of ether oxygens (including phenoxy) is 1. The van der Waals surface area contributed by atoms with Crippen molar-refractivity contribution in [3.05, 3.63) is 53.1 Å². The number of nitrogens with zero attached hydrogens (tertiary/aromatic N) is 1. The molecular formula is C18H17ClN2O4S. The van der Waals surface area contributed by atoms with Gasteiger partial charge in [0.05, 0.1) is 17.4 Å². The first-order valence-electron chi connectivity index (χ1n) is 8.12. The predicted octanol–water partition coefficient (Wildman–Crippen LogP) is 2.63. The number of halogens is 1. The summed E-state index contributed by atoms with van der Waals surface area (Å²) in [5.41, 5.74) is 0.612. The van der Waals surface area contributed by atoms with Gasteiger partial charge in [0.2, 0.25) is 15.9 Å². The van der Waals surface area contributed by atoms with E-state index in [1.54, 1.807) is 31.4 Å². The topological polar surface area (TPSA) is 75.7 Å². The SMILES string of the molecule is COc1ccc2c(c1)[C@]1(CCN(S(=O)(=O)c3ccc(Cl)cc3)C1)C(=O)N2. The molecule has 26 heavy (non-hydrogen) atoms. The molecule has 0 aromatic heterocycles. The molecule has 0 radical (unpaired) electrons. The normalized spacial score (nSPS) is 22.5. The van der Waals surface area contributed by atoms with Gasteiger partial charge in [0.25, 0.3) is 0 Å². The summed E-state index contributed by atoms with van der Waals surface area (Å²) in [6.07, 6.45) is 0.422. The van der Waals surface area contributed by atoms with Crippen molar-refractivity contribution in [2.24, 2.45) is 0 Å². The number of amides is 1. The Morgan fingerprint density at radius 1 is 1.19 bits per heavy atom. The molecule has 0 aliphatic carbocycles. The number of carbonyl (C=O) groups is 1. The molecule has 1 spiro atoms. The first kappa shape index (κ1) is 17.3. The number of sulfonamides is 1. The van der Waals surface area contributed by atoms with Gasteiger partial charge in [-0.15, -0.1) is 0 Å². The summed E-state index contributed by atoms with van der Waals surface area (Å²) in [5.74, 6) is 0.466. The number of carbonyl (C=O) groups excluding carboxylic acids is 1. The largest absolute Gasteiger partial charge is 0.497 e. The van der Waals surface area contributed by atoms with E-state index in [1.165, 1.54) is 16.4 Å². The quantitative estimate of drug-likeness (QED) is 0.871. The van der Waals surface area contributed by atoms with E-state index < -0.39 is 15.4 Å². The Labute approximate surface area is 156 Å². The number of anilines is 1. The van der Waals surface area contributed by atoms with Crippen molar-refractivity contribution in [2.75, 3.05) is 25.5 Å². The molecule has 8 heteroatoms. The molecule has 1 saturated heterocycles. The number of methoxy groups -OCH3 is 1.